The zero-order chi connectivity index (χ0) is 28.4. The molecule has 10 nitrogen and oxygen atoms in total. The van der Waals surface area contributed by atoms with Crippen LogP contribution in [0.3, 0.4) is 0 Å². The van der Waals surface area contributed by atoms with Crippen LogP contribution in [0.5, 0.6) is 0 Å². The Morgan fingerprint density at radius 2 is 0.923 bits per heavy atom. The van der Waals surface area contributed by atoms with Crippen LogP contribution in [0.1, 0.15) is 38.8 Å². The van der Waals surface area contributed by atoms with Gasteiger partial charge in [0.15, 0.2) is 0 Å². The Bertz CT molecular complexity index is 761. The van der Waals surface area contributed by atoms with Crippen LogP contribution in [-0.4, -0.2) is 112 Å². The van der Waals surface area contributed by atoms with E-state index in [1.54, 1.807) is 14.2 Å². The molecular formula is C28H49BO10. The minimum Gasteiger partial charge on any atom is -0.399 e. The first kappa shape index (κ1) is 34.1. The van der Waals surface area contributed by atoms with Crippen molar-refractivity contribution in [3.05, 3.63) is 29.3 Å². The fraction of sp³-hybridized carbons (Fsp3) is 0.786. The molecule has 11 heteroatoms. The lowest BCUT2D eigenvalue weighted by atomic mass is 9.78. The molecule has 0 spiro atoms. The van der Waals surface area contributed by atoms with Crippen molar-refractivity contribution in [2.24, 2.45) is 0 Å². The molecule has 0 atom stereocenters. The molecule has 0 N–H and O–H groups in total. The third-order valence-electron chi connectivity index (χ3n) is 6.62. The molecule has 39 heavy (non-hydrogen) atoms. The maximum Gasteiger partial charge on any atom is 0.494 e. The summed E-state index contributed by atoms with van der Waals surface area (Å²) in [6.07, 6.45) is 0. The standard InChI is InChI=1S/C28H49BO10/c1-27(2)28(3,4)39-29(38-27)26-8-7-24(22-36-19-17-34-15-13-32-11-9-30-5)25(21-26)23-37-20-18-35-16-14-33-12-10-31-6/h7-8,21H,9-20,22-23H2,1-6H3. The molecule has 1 aliphatic heterocycles. The van der Waals surface area contributed by atoms with Gasteiger partial charge >= 0.3 is 7.12 Å². The summed E-state index contributed by atoms with van der Waals surface area (Å²) in [5, 5.41) is 0. The normalized spacial score (nSPS) is 16.3. The van der Waals surface area contributed by atoms with Gasteiger partial charge in [-0.1, -0.05) is 18.2 Å². The average molecular weight is 557 g/mol. The van der Waals surface area contributed by atoms with E-state index in [1.807, 2.05) is 6.07 Å². The van der Waals surface area contributed by atoms with E-state index in [0.29, 0.717) is 92.5 Å². The number of ether oxygens (including phenoxy) is 8. The third kappa shape index (κ3) is 12.9. The Hall–Kier alpha value is -1.12. The highest BCUT2D eigenvalue weighted by Gasteiger charge is 2.51. The summed E-state index contributed by atoms with van der Waals surface area (Å²) in [7, 11) is 2.86. The topological polar surface area (TPSA) is 92.3 Å². The van der Waals surface area contributed by atoms with Crippen LogP contribution >= 0.6 is 0 Å². The van der Waals surface area contributed by atoms with Gasteiger partial charge in [0.05, 0.1) is 104 Å². The van der Waals surface area contributed by atoms with Crippen molar-refractivity contribution >= 4 is 12.6 Å². The number of hydrogen-bond donors (Lipinski definition) is 0. The summed E-state index contributed by atoms with van der Waals surface area (Å²) in [5.74, 6) is 0. The van der Waals surface area contributed by atoms with Crippen molar-refractivity contribution in [2.75, 3.05) is 93.5 Å². The molecule has 1 aromatic carbocycles. The first-order valence-corrected chi connectivity index (χ1v) is 13.7. The van der Waals surface area contributed by atoms with Gasteiger partial charge in [-0.05, 0) is 44.3 Å². The van der Waals surface area contributed by atoms with Crippen LogP contribution in [0.25, 0.3) is 0 Å². The maximum absolute atomic E-state index is 6.25. The first-order valence-electron chi connectivity index (χ1n) is 13.7. The van der Waals surface area contributed by atoms with E-state index in [-0.39, 0.29) is 0 Å². The van der Waals surface area contributed by atoms with Gasteiger partial charge in [0, 0.05) is 14.2 Å². The van der Waals surface area contributed by atoms with Crippen LogP contribution in [0.15, 0.2) is 18.2 Å². The second-order valence-corrected chi connectivity index (χ2v) is 10.2. The Morgan fingerprint density at radius 1 is 0.538 bits per heavy atom. The maximum atomic E-state index is 6.25. The zero-order valence-electron chi connectivity index (χ0n) is 24.8. The average Bonchev–Trinajstić information content (AvgIpc) is 3.13. The van der Waals surface area contributed by atoms with Gasteiger partial charge in [-0.25, -0.2) is 0 Å². The van der Waals surface area contributed by atoms with E-state index >= 15 is 0 Å². The van der Waals surface area contributed by atoms with Gasteiger partial charge < -0.3 is 47.2 Å². The van der Waals surface area contributed by atoms with Crippen LogP contribution < -0.4 is 5.46 Å². The van der Waals surface area contributed by atoms with Gasteiger partial charge in [0.2, 0.25) is 0 Å². The largest absolute Gasteiger partial charge is 0.494 e. The number of rotatable bonds is 23. The van der Waals surface area contributed by atoms with E-state index in [1.165, 1.54) is 0 Å². The van der Waals surface area contributed by atoms with E-state index in [9.17, 15) is 0 Å². The molecule has 0 radical (unpaired) electrons. The van der Waals surface area contributed by atoms with Crippen molar-refractivity contribution in [3.63, 3.8) is 0 Å². The summed E-state index contributed by atoms with van der Waals surface area (Å²) in [5.41, 5.74) is 2.21. The van der Waals surface area contributed by atoms with E-state index < -0.39 is 18.3 Å². The number of benzene rings is 1. The van der Waals surface area contributed by atoms with Crippen molar-refractivity contribution < 1.29 is 47.2 Å². The van der Waals surface area contributed by atoms with E-state index in [4.69, 9.17) is 47.2 Å². The molecule has 0 amide bonds. The number of methoxy groups -OCH3 is 2. The molecule has 0 aromatic heterocycles. The smallest absolute Gasteiger partial charge is 0.399 e. The second-order valence-electron chi connectivity index (χ2n) is 10.2. The van der Waals surface area contributed by atoms with E-state index in [2.05, 4.69) is 39.8 Å². The monoisotopic (exact) mass is 556 g/mol. The SMILES string of the molecule is COCCOCCOCCOCc1ccc(B2OC(C)(C)C(C)(C)O2)cc1COCCOCCOCCOC. The highest BCUT2D eigenvalue weighted by atomic mass is 16.7. The second kappa shape index (κ2) is 19.1. The van der Waals surface area contributed by atoms with Gasteiger partial charge in [0.25, 0.3) is 0 Å². The summed E-state index contributed by atoms with van der Waals surface area (Å²) >= 11 is 0. The molecule has 0 unspecified atom stereocenters. The minimum absolute atomic E-state index is 0.407. The molecule has 1 heterocycles. The fourth-order valence-electron chi connectivity index (χ4n) is 3.58. The van der Waals surface area contributed by atoms with Crippen molar-refractivity contribution in [3.8, 4) is 0 Å². The summed E-state index contributed by atoms with van der Waals surface area (Å²) in [4.78, 5) is 0. The quantitative estimate of drug-likeness (QED) is 0.148. The molecule has 0 aliphatic carbocycles. The first-order chi connectivity index (χ1) is 18.8. The van der Waals surface area contributed by atoms with Crippen molar-refractivity contribution in [2.45, 2.75) is 52.1 Å². The highest BCUT2D eigenvalue weighted by Crippen LogP contribution is 2.36. The van der Waals surface area contributed by atoms with Crippen molar-refractivity contribution in [1.82, 2.24) is 0 Å². The van der Waals surface area contributed by atoms with E-state index in [0.717, 1.165) is 16.6 Å². The predicted molar refractivity (Wildman–Crippen MR) is 148 cm³/mol. The Morgan fingerprint density at radius 3 is 1.36 bits per heavy atom. The van der Waals surface area contributed by atoms with Crippen molar-refractivity contribution in [1.29, 1.82) is 0 Å². The third-order valence-corrected chi connectivity index (χ3v) is 6.62. The molecule has 1 fully saturated rings. The molecule has 224 valence electrons. The Kier molecular flexibility index (Phi) is 16.7. The minimum atomic E-state index is -0.440. The molecular weight excluding hydrogens is 507 g/mol. The molecule has 1 aromatic rings. The summed E-state index contributed by atoms with van der Waals surface area (Å²) < 4.78 is 56.2. The highest BCUT2D eigenvalue weighted by molar-refractivity contribution is 6.62. The molecule has 1 aliphatic rings. The molecule has 0 bridgehead atoms. The Labute approximate surface area is 234 Å². The number of hydrogen-bond acceptors (Lipinski definition) is 10. The van der Waals surface area contributed by atoms with Crippen LogP contribution in [0, 0.1) is 0 Å². The predicted octanol–water partition coefficient (Wildman–Crippen LogP) is 2.38. The Balaban J connectivity index is 1.82. The lowest BCUT2D eigenvalue weighted by molar-refractivity contribution is -0.00167. The zero-order valence-corrected chi connectivity index (χ0v) is 24.8. The molecule has 2 rings (SSSR count). The van der Waals surface area contributed by atoms with Gasteiger partial charge in [0.1, 0.15) is 0 Å². The van der Waals surface area contributed by atoms with Crippen LogP contribution in [0.2, 0.25) is 0 Å². The van der Waals surface area contributed by atoms with Gasteiger partial charge in [-0.2, -0.15) is 0 Å². The van der Waals surface area contributed by atoms with Crippen LogP contribution in [0.4, 0.5) is 0 Å². The van der Waals surface area contributed by atoms with Gasteiger partial charge in [-0.15, -0.1) is 0 Å². The molecule has 1 saturated heterocycles. The summed E-state index contributed by atoms with van der Waals surface area (Å²) in [6.45, 7) is 15.4. The lowest BCUT2D eigenvalue weighted by Crippen LogP contribution is -2.41. The van der Waals surface area contributed by atoms with Gasteiger partial charge in [-0.3, -0.25) is 0 Å². The summed E-state index contributed by atoms with van der Waals surface area (Å²) in [6, 6.07) is 6.17. The molecule has 0 saturated carbocycles. The lowest BCUT2D eigenvalue weighted by Gasteiger charge is -2.32. The van der Waals surface area contributed by atoms with Crippen LogP contribution in [-0.2, 0) is 60.4 Å². The fourth-order valence-corrected chi connectivity index (χ4v) is 3.58.